The molecule has 7 atom stereocenters. The zero-order valence-electron chi connectivity index (χ0n) is 18.1. The number of alkyl halides is 1. The summed E-state index contributed by atoms with van der Waals surface area (Å²) in [5, 5.41) is 20.6. The number of carbonyl (C=O) groups excluding carboxylic acids is 4. The highest BCUT2D eigenvalue weighted by Crippen LogP contribution is 2.68. The summed E-state index contributed by atoms with van der Waals surface area (Å²) >= 11 is 0. The van der Waals surface area contributed by atoms with Crippen LogP contribution in [0.1, 0.15) is 59.3 Å². The number of rotatable bonds is 3. The largest absolute Gasteiger partial charge is 0.427 e. The Balaban J connectivity index is 1.82. The van der Waals surface area contributed by atoms with Crippen molar-refractivity contribution in [3.63, 3.8) is 0 Å². The molecular formula is C23H29FO7. The van der Waals surface area contributed by atoms with Gasteiger partial charge in [-0.3, -0.25) is 19.2 Å². The molecule has 31 heavy (non-hydrogen) atoms. The predicted molar refractivity (Wildman–Crippen MR) is 105 cm³/mol. The number of esters is 1. The molecule has 7 nitrogen and oxygen atoms in total. The van der Waals surface area contributed by atoms with Gasteiger partial charge in [0.05, 0.1) is 11.8 Å². The molecule has 0 aromatic carbocycles. The van der Waals surface area contributed by atoms with E-state index in [4.69, 9.17) is 4.74 Å². The lowest BCUT2D eigenvalue weighted by atomic mass is 9.44. The van der Waals surface area contributed by atoms with E-state index in [2.05, 4.69) is 0 Å². The van der Waals surface area contributed by atoms with Crippen molar-refractivity contribution in [2.45, 2.75) is 70.8 Å². The van der Waals surface area contributed by atoms with Crippen molar-refractivity contribution in [1.29, 1.82) is 0 Å². The van der Waals surface area contributed by atoms with Crippen molar-refractivity contribution < 1.29 is 38.5 Å². The fraction of sp³-hybridized carbons (Fsp3) is 0.739. The van der Waals surface area contributed by atoms with E-state index in [9.17, 15) is 29.4 Å². The van der Waals surface area contributed by atoms with E-state index in [-0.39, 0.29) is 30.5 Å². The molecule has 0 bridgehead atoms. The molecule has 0 spiro atoms. The number of hydrogen-bond acceptors (Lipinski definition) is 7. The zero-order chi connectivity index (χ0) is 23.0. The standard InChI is InChI=1S/C23H29FO7/c1-12(26)31-23(24)9-14(27)8-13-4-5-15-16-6-7-22(30,18(29)11-25)20(16,2)10-17(28)19(15)21(13,23)3/h8,15-16,19,25,30H,4-7,9-11H2,1-3H3/t15-,16-,19+,20-,21-,22-,23?/m0/s1. The van der Waals surface area contributed by atoms with Gasteiger partial charge in [0.25, 0.3) is 5.85 Å². The topological polar surface area (TPSA) is 118 Å². The van der Waals surface area contributed by atoms with Crippen LogP contribution >= 0.6 is 0 Å². The van der Waals surface area contributed by atoms with Crippen LogP contribution < -0.4 is 0 Å². The highest BCUT2D eigenvalue weighted by molar-refractivity contribution is 5.95. The van der Waals surface area contributed by atoms with Gasteiger partial charge in [0, 0.05) is 24.7 Å². The minimum atomic E-state index is -2.64. The molecule has 170 valence electrons. The third-order valence-corrected chi connectivity index (χ3v) is 8.87. The first-order valence-corrected chi connectivity index (χ1v) is 10.9. The molecule has 0 aromatic heterocycles. The predicted octanol–water partition coefficient (Wildman–Crippen LogP) is 1.83. The van der Waals surface area contributed by atoms with Gasteiger partial charge in [0.15, 0.2) is 11.6 Å². The smallest absolute Gasteiger partial charge is 0.305 e. The molecule has 0 heterocycles. The van der Waals surface area contributed by atoms with Gasteiger partial charge in [-0.15, -0.1) is 0 Å². The van der Waals surface area contributed by atoms with Crippen molar-refractivity contribution in [3.8, 4) is 0 Å². The Labute approximate surface area is 180 Å². The van der Waals surface area contributed by atoms with Gasteiger partial charge in [-0.25, -0.2) is 0 Å². The summed E-state index contributed by atoms with van der Waals surface area (Å²) in [6.07, 6.45) is 2.07. The van der Waals surface area contributed by atoms with Crippen LogP contribution in [0.4, 0.5) is 4.39 Å². The number of ketones is 3. The number of Topliss-reactive ketones (excluding diaryl/α,β-unsaturated/α-hetero) is 2. The maximum Gasteiger partial charge on any atom is 0.305 e. The lowest BCUT2D eigenvalue weighted by molar-refractivity contribution is -0.238. The van der Waals surface area contributed by atoms with Gasteiger partial charge in [-0.2, -0.15) is 4.39 Å². The molecule has 4 rings (SSSR count). The van der Waals surface area contributed by atoms with Gasteiger partial charge in [-0.1, -0.05) is 12.5 Å². The monoisotopic (exact) mass is 436 g/mol. The fourth-order valence-electron chi connectivity index (χ4n) is 7.39. The molecule has 3 saturated carbocycles. The summed E-state index contributed by atoms with van der Waals surface area (Å²) in [4.78, 5) is 50.0. The Kier molecular flexibility index (Phi) is 4.87. The van der Waals surface area contributed by atoms with Gasteiger partial charge in [-0.05, 0) is 50.5 Å². The summed E-state index contributed by atoms with van der Waals surface area (Å²) in [5.41, 5.74) is -3.89. The van der Waals surface area contributed by atoms with Crippen molar-refractivity contribution in [1.82, 2.24) is 0 Å². The van der Waals surface area contributed by atoms with Crippen molar-refractivity contribution in [2.24, 2.45) is 28.6 Å². The van der Waals surface area contributed by atoms with Gasteiger partial charge in [0.1, 0.15) is 18.0 Å². The second kappa shape index (κ2) is 6.78. The van der Waals surface area contributed by atoms with Crippen molar-refractivity contribution in [3.05, 3.63) is 11.6 Å². The number of aliphatic hydroxyl groups is 2. The van der Waals surface area contributed by atoms with E-state index in [1.165, 1.54) is 6.08 Å². The Morgan fingerprint density at radius 1 is 1.23 bits per heavy atom. The molecule has 2 N–H and O–H groups in total. The first-order valence-electron chi connectivity index (χ1n) is 10.9. The Bertz CT molecular complexity index is 912. The number of fused-ring (bicyclic) bond motifs is 5. The molecular weight excluding hydrogens is 407 g/mol. The SMILES string of the molecule is CC(=O)OC1(F)CC(=O)C=C2CC[C@@H]3[C@H](C(=O)C[C@@]4(C)[C@H]3CC[C@]4(O)C(=O)CO)[C@]21C. The number of carbonyl (C=O) groups is 4. The zero-order valence-corrected chi connectivity index (χ0v) is 18.1. The summed E-state index contributed by atoms with van der Waals surface area (Å²) in [6.45, 7) is 3.53. The molecule has 0 amide bonds. The third kappa shape index (κ3) is 2.70. The van der Waals surface area contributed by atoms with Crippen LogP contribution in [0.15, 0.2) is 11.6 Å². The summed E-state index contributed by atoms with van der Waals surface area (Å²) in [7, 11) is 0. The van der Waals surface area contributed by atoms with E-state index in [0.717, 1.165) is 6.92 Å². The minimum absolute atomic E-state index is 0.132. The normalized spacial score (nSPS) is 46.5. The lowest BCUT2D eigenvalue weighted by Crippen LogP contribution is -2.65. The summed E-state index contributed by atoms with van der Waals surface area (Å²) in [6, 6.07) is 0. The quantitative estimate of drug-likeness (QED) is 0.648. The second-order valence-electron chi connectivity index (χ2n) is 10.2. The summed E-state index contributed by atoms with van der Waals surface area (Å²) < 4.78 is 21.4. The molecule has 3 fully saturated rings. The van der Waals surface area contributed by atoms with E-state index < -0.39 is 58.8 Å². The summed E-state index contributed by atoms with van der Waals surface area (Å²) in [5.74, 6) is -6.41. The molecule has 4 aliphatic carbocycles. The fourth-order valence-corrected chi connectivity index (χ4v) is 7.39. The van der Waals surface area contributed by atoms with Crippen LogP contribution in [0.3, 0.4) is 0 Å². The van der Waals surface area contributed by atoms with Crippen molar-refractivity contribution >= 4 is 23.3 Å². The maximum atomic E-state index is 16.3. The van der Waals surface area contributed by atoms with E-state index >= 15 is 4.39 Å². The first-order chi connectivity index (χ1) is 14.3. The Morgan fingerprint density at radius 2 is 1.90 bits per heavy atom. The van der Waals surface area contributed by atoms with E-state index in [1.807, 2.05) is 0 Å². The van der Waals surface area contributed by atoms with Gasteiger partial charge >= 0.3 is 5.97 Å². The number of halogens is 1. The Hall–Kier alpha value is -1.93. The Morgan fingerprint density at radius 3 is 2.52 bits per heavy atom. The molecule has 8 heteroatoms. The average Bonchev–Trinajstić information content (AvgIpc) is 2.93. The number of ether oxygens (including phenoxy) is 1. The number of aliphatic hydroxyl groups excluding tert-OH is 1. The van der Waals surface area contributed by atoms with Gasteiger partial charge in [0.2, 0.25) is 0 Å². The van der Waals surface area contributed by atoms with E-state index in [0.29, 0.717) is 24.8 Å². The second-order valence-corrected chi connectivity index (χ2v) is 10.2. The molecule has 0 aliphatic heterocycles. The van der Waals surface area contributed by atoms with Crippen LogP contribution in [-0.2, 0) is 23.9 Å². The van der Waals surface area contributed by atoms with Crippen molar-refractivity contribution in [2.75, 3.05) is 6.61 Å². The molecule has 0 radical (unpaired) electrons. The highest BCUT2D eigenvalue weighted by Gasteiger charge is 2.72. The maximum absolute atomic E-state index is 16.3. The van der Waals surface area contributed by atoms with E-state index in [1.54, 1.807) is 13.8 Å². The van der Waals surface area contributed by atoms with Gasteiger partial charge < -0.3 is 14.9 Å². The molecule has 4 aliphatic rings. The van der Waals surface area contributed by atoms with Crippen LogP contribution in [0.2, 0.25) is 0 Å². The third-order valence-electron chi connectivity index (χ3n) is 8.87. The minimum Gasteiger partial charge on any atom is -0.427 e. The lowest BCUT2D eigenvalue weighted by Gasteiger charge is -2.60. The highest BCUT2D eigenvalue weighted by atomic mass is 19.2. The molecule has 0 aromatic rings. The average molecular weight is 436 g/mol. The number of hydrogen-bond donors (Lipinski definition) is 2. The first kappa shape index (κ1) is 22.3. The van der Waals surface area contributed by atoms with Crippen LogP contribution in [0.25, 0.3) is 0 Å². The van der Waals surface area contributed by atoms with Crippen LogP contribution in [0.5, 0.6) is 0 Å². The molecule has 0 saturated heterocycles. The van der Waals surface area contributed by atoms with Crippen LogP contribution in [-0.4, -0.2) is 51.6 Å². The molecule has 1 unspecified atom stereocenters. The van der Waals surface area contributed by atoms with Crippen LogP contribution in [0, 0.1) is 28.6 Å².